The molecule has 0 aromatic heterocycles. The van der Waals surface area contributed by atoms with E-state index in [4.69, 9.17) is 4.74 Å². The normalized spacial score (nSPS) is 20.9. The Morgan fingerprint density at radius 3 is 2.76 bits per heavy atom. The average molecular weight is 246 g/mol. The molecule has 2 rings (SSSR count). The van der Waals surface area contributed by atoms with Gasteiger partial charge in [0.05, 0.1) is 12.1 Å². The third-order valence-corrected chi connectivity index (χ3v) is 2.68. The summed E-state index contributed by atoms with van der Waals surface area (Å²) >= 11 is 0. The van der Waals surface area contributed by atoms with Crippen molar-refractivity contribution in [2.24, 2.45) is 0 Å². The van der Waals surface area contributed by atoms with Crippen LogP contribution in [-0.2, 0) is 10.9 Å². The lowest BCUT2D eigenvalue weighted by Gasteiger charge is -2.17. The van der Waals surface area contributed by atoms with Gasteiger partial charge in [0.1, 0.15) is 13.0 Å². The van der Waals surface area contributed by atoms with Gasteiger partial charge in [-0.05, 0) is 25.2 Å². The van der Waals surface area contributed by atoms with Crippen LogP contribution in [0.5, 0.6) is 0 Å². The fourth-order valence-electron chi connectivity index (χ4n) is 1.72. The van der Waals surface area contributed by atoms with E-state index in [1.807, 2.05) is 0 Å². The number of alkyl halides is 3. The van der Waals surface area contributed by atoms with Gasteiger partial charge in [-0.1, -0.05) is 6.07 Å². The first-order chi connectivity index (χ1) is 8.00. The highest BCUT2D eigenvalue weighted by atomic mass is 19.4. The van der Waals surface area contributed by atoms with E-state index < -0.39 is 11.7 Å². The maximum Gasteiger partial charge on any atom is 0.416 e. The molecule has 1 aromatic rings. The van der Waals surface area contributed by atoms with Crippen LogP contribution in [0.2, 0.25) is 0 Å². The molecule has 0 aliphatic carbocycles. The standard InChI is InChI=1S/C11H13F3N2O/c1-15-10-6-16(7-17-10)9-4-2-3-8(5-9)11(12,13)14/h2-5,10,15H,6-7H2,1H3. The monoisotopic (exact) mass is 246 g/mol. The number of nitrogens with zero attached hydrogens (tertiary/aromatic N) is 1. The Kier molecular flexibility index (Phi) is 3.26. The van der Waals surface area contributed by atoms with E-state index >= 15 is 0 Å². The molecule has 1 N–H and O–H groups in total. The molecule has 1 aliphatic heterocycles. The van der Waals surface area contributed by atoms with Crippen molar-refractivity contribution >= 4 is 5.69 Å². The van der Waals surface area contributed by atoms with Crippen LogP contribution in [0.4, 0.5) is 18.9 Å². The zero-order valence-corrected chi connectivity index (χ0v) is 9.29. The van der Waals surface area contributed by atoms with Crippen LogP contribution in [0, 0.1) is 0 Å². The van der Waals surface area contributed by atoms with Crippen molar-refractivity contribution in [3.8, 4) is 0 Å². The molecule has 0 bridgehead atoms. The number of nitrogens with one attached hydrogen (secondary N) is 1. The van der Waals surface area contributed by atoms with Crippen LogP contribution in [0.1, 0.15) is 5.56 Å². The molecule has 3 nitrogen and oxygen atoms in total. The largest absolute Gasteiger partial charge is 0.416 e. The van der Waals surface area contributed by atoms with Crippen molar-refractivity contribution in [3.63, 3.8) is 0 Å². The Hall–Kier alpha value is -1.27. The van der Waals surface area contributed by atoms with Crippen molar-refractivity contribution in [2.75, 3.05) is 25.2 Å². The number of likely N-dealkylation sites (N-methyl/N-ethyl adjacent to an activating group) is 1. The highest BCUT2D eigenvalue weighted by molar-refractivity contribution is 5.49. The molecule has 1 aromatic carbocycles. The number of hydrogen-bond acceptors (Lipinski definition) is 3. The van der Waals surface area contributed by atoms with Gasteiger partial charge in [0.15, 0.2) is 0 Å². The molecule has 0 saturated carbocycles. The smallest absolute Gasteiger partial charge is 0.344 e. The summed E-state index contributed by atoms with van der Waals surface area (Å²) in [5.74, 6) is 0. The van der Waals surface area contributed by atoms with Crippen molar-refractivity contribution in [3.05, 3.63) is 29.8 Å². The van der Waals surface area contributed by atoms with Crippen LogP contribution in [0.3, 0.4) is 0 Å². The van der Waals surface area contributed by atoms with Gasteiger partial charge in [-0.2, -0.15) is 13.2 Å². The highest BCUT2D eigenvalue weighted by Gasteiger charge is 2.31. The molecular formula is C11H13F3N2O. The third kappa shape index (κ3) is 2.70. The maximum atomic E-state index is 12.5. The Labute approximate surface area is 97.2 Å². The summed E-state index contributed by atoms with van der Waals surface area (Å²) in [5, 5.41) is 2.92. The molecule has 1 atom stereocenters. The molecule has 0 spiro atoms. The van der Waals surface area contributed by atoms with Crippen molar-refractivity contribution in [1.29, 1.82) is 0 Å². The summed E-state index contributed by atoms with van der Waals surface area (Å²) in [6, 6.07) is 5.26. The average Bonchev–Trinajstić information content (AvgIpc) is 2.76. The molecule has 1 saturated heterocycles. The fraction of sp³-hybridized carbons (Fsp3) is 0.455. The van der Waals surface area contributed by atoms with E-state index in [2.05, 4.69) is 5.32 Å². The summed E-state index contributed by atoms with van der Waals surface area (Å²) in [6.07, 6.45) is -4.44. The Balaban J connectivity index is 2.17. The summed E-state index contributed by atoms with van der Waals surface area (Å²) in [5.41, 5.74) is -0.111. The second-order valence-electron chi connectivity index (χ2n) is 3.84. The Morgan fingerprint density at radius 1 is 1.41 bits per heavy atom. The van der Waals surface area contributed by atoms with E-state index in [1.54, 1.807) is 18.0 Å². The van der Waals surface area contributed by atoms with Crippen molar-refractivity contribution < 1.29 is 17.9 Å². The third-order valence-electron chi connectivity index (χ3n) is 2.68. The van der Waals surface area contributed by atoms with Crippen LogP contribution in [0.25, 0.3) is 0 Å². The minimum Gasteiger partial charge on any atom is -0.344 e. The molecular weight excluding hydrogens is 233 g/mol. The number of hydrogen-bond donors (Lipinski definition) is 1. The topological polar surface area (TPSA) is 24.5 Å². The molecule has 1 heterocycles. The zero-order chi connectivity index (χ0) is 12.5. The van der Waals surface area contributed by atoms with E-state index in [1.165, 1.54) is 6.07 Å². The summed E-state index contributed by atoms with van der Waals surface area (Å²) in [6.45, 7) is 0.838. The van der Waals surface area contributed by atoms with Gasteiger partial charge in [-0.3, -0.25) is 5.32 Å². The number of halogens is 3. The van der Waals surface area contributed by atoms with E-state index in [-0.39, 0.29) is 6.23 Å². The lowest BCUT2D eigenvalue weighted by molar-refractivity contribution is -0.137. The van der Waals surface area contributed by atoms with E-state index in [0.717, 1.165) is 12.1 Å². The van der Waals surface area contributed by atoms with Gasteiger partial charge in [0.25, 0.3) is 0 Å². The van der Waals surface area contributed by atoms with Crippen molar-refractivity contribution in [2.45, 2.75) is 12.4 Å². The molecule has 94 valence electrons. The highest BCUT2D eigenvalue weighted by Crippen LogP contribution is 2.32. The van der Waals surface area contributed by atoms with E-state index in [9.17, 15) is 13.2 Å². The summed E-state index contributed by atoms with van der Waals surface area (Å²) in [4.78, 5) is 1.76. The number of benzene rings is 1. The molecule has 6 heteroatoms. The quantitative estimate of drug-likeness (QED) is 0.864. The van der Waals surface area contributed by atoms with Gasteiger partial charge < -0.3 is 9.64 Å². The fourth-order valence-corrected chi connectivity index (χ4v) is 1.72. The Bertz CT molecular complexity index is 395. The number of anilines is 1. The first-order valence-corrected chi connectivity index (χ1v) is 5.22. The van der Waals surface area contributed by atoms with Crippen LogP contribution < -0.4 is 10.2 Å². The predicted molar refractivity (Wildman–Crippen MR) is 57.6 cm³/mol. The molecule has 1 aliphatic rings. The van der Waals surface area contributed by atoms with Crippen LogP contribution in [-0.4, -0.2) is 26.6 Å². The van der Waals surface area contributed by atoms with Gasteiger partial charge >= 0.3 is 6.18 Å². The second-order valence-corrected chi connectivity index (χ2v) is 3.84. The van der Waals surface area contributed by atoms with Gasteiger partial charge in [-0.25, -0.2) is 0 Å². The molecule has 0 amide bonds. The predicted octanol–water partition coefficient (Wildman–Crippen LogP) is 2.04. The maximum absolute atomic E-state index is 12.5. The molecule has 17 heavy (non-hydrogen) atoms. The minimum atomic E-state index is -4.31. The van der Waals surface area contributed by atoms with Crippen LogP contribution in [0.15, 0.2) is 24.3 Å². The first kappa shape index (κ1) is 12.2. The van der Waals surface area contributed by atoms with Gasteiger partial charge in [0.2, 0.25) is 0 Å². The SMILES string of the molecule is CNC1CN(c2cccc(C(F)(F)F)c2)CO1. The summed E-state index contributed by atoms with van der Waals surface area (Å²) < 4.78 is 42.9. The minimum absolute atomic E-state index is 0.135. The molecule has 1 unspecified atom stereocenters. The summed E-state index contributed by atoms with van der Waals surface area (Å²) in [7, 11) is 1.75. The zero-order valence-electron chi connectivity index (χ0n) is 9.29. The Morgan fingerprint density at radius 2 is 2.18 bits per heavy atom. The molecule has 0 radical (unpaired) electrons. The van der Waals surface area contributed by atoms with E-state index in [0.29, 0.717) is 19.0 Å². The lowest BCUT2D eigenvalue weighted by atomic mass is 10.2. The van der Waals surface area contributed by atoms with Gasteiger partial charge in [0, 0.05) is 5.69 Å². The van der Waals surface area contributed by atoms with Crippen LogP contribution >= 0.6 is 0 Å². The number of ether oxygens (including phenoxy) is 1. The number of rotatable bonds is 2. The van der Waals surface area contributed by atoms with Gasteiger partial charge in [-0.15, -0.1) is 0 Å². The first-order valence-electron chi connectivity index (χ1n) is 5.22. The van der Waals surface area contributed by atoms with Crippen molar-refractivity contribution in [1.82, 2.24) is 5.32 Å². The lowest BCUT2D eigenvalue weighted by Crippen LogP contribution is -2.30. The molecule has 1 fully saturated rings. The second kappa shape index (κ2) is 4.54.